The van der Waals surface area contributed by atoms with Crippen molar-refractivity contribution in [3.8, 4) is 11.5 Å². The molecule has 2 aromatic rings. The van der Waals surface area contributed by atoms with Crippen LogP contribution >= 0.6 is 0 Å². The molecule has 1 fully saturated rings. The van der Waals surface area contributed by atoms with Crippen LogP contribution in [-0.4, -0.2) is 33.7 Å². The molecule has 4 heteroatoms. The lowest BCUT2D eigenvalue weighted by molar-refractivity contribution is 0.130. The van der Waals surface area contributed by atoms with Crippen molar-refractivity contribution in [2.75, 3.05) is 6.54 Å². The minimum atomic E-state index is -0.248. The molecule has 1 aromatic carbocycles. The first-order valence-electron chi connectivity index (χ1n) is 8.30. The van der Waals surface area contributed by atoms with Crippen LogP contribution in [0.15, 0.2) is 48.8 Å². The third kappa shape index (κ3) is 4.30. The topological polar surface area (TPSA) is 45.6 Å². The van der Waals surface area contributed by atoms with Gasteiger partial charge in [0.05, 0.1) is 12.3 Å². The van der Waals surface area contributed by atoms with E-state index in [1.54, 1.807) is 12.4 Å². The molecule has 122 valence electrons. The molecule has 3 rings (SSSR count). The number of benzene rings is 1. The van der Waals surface area contributed by atoms with Gasteiger partial charge in [-0.05, 0) is 50.9 Å². The summed E-state index contributed by atoms with van der Waals surface area (Å²) >= 11 is 0. The van der Waals surface area contributed by atoms with E-state index >= 15 is 0 Å². The maximum Gasteiger partial charge on any atom is 0.145 e. The molecule has 1 aromatic heterocycles. The van der Waals surface area contributed by atoms with Gasteiger partial charge in [-0.3, -0.25) is 9.88 Å². The van der Waals surface area contributed by atoms with Gasteiger partial charge < -0.3 is 9.84 Å². The molecule has 1 N–H and O–H groups in total. The highest BCUT2D eigenvalue weighted by Crippen LogP contribution is 2.29. The van der Waals surface area contributed by atoms with Crippen LogP contribution in [-0.2, 0) is 6.54 Å². The van der Waals surface area contributed by atoms with E-state index in [-0.39, 0.29) is 6.10 Å². The van der Waals surface area contributed by atoms with Gasteiger partial charge in [-0.25, -0.2) is 0 Å². The number of likely N-dealkylation sites (tertiary alicyclic amines) is 1. The highest BCUT2D eigenvalue weighted by molar-refractivity contribution is 5.37. The van der Waals surface area contributed by atoms with Crippen LogP contribution < -0.4 is 4.74 Å². The van der Waals surface area contributed by atoms with Crippen LogP contribution in [0.3, 0.4) is 0 Å². The lowest BCUT2D eigenvalue weighted by Crippen LogP contribution is -2.31. The summed E-state index contributed by atoms with van der Waals surface area (Å²) in [6, 6.07) is 12.4. The molecule has 1 aliphatic rings. The Bertz CT molecular complexity index is 616. The van der Waals surface area contributed by atoms with E-state index in [2.05, 4.69) is 16.0 Å². The fourth-order valence-electron chi connectivity index (χ4n) is 3.25. The number of pyridine rings is 1. The molecule has 0 amide bonds. The summed E-state index contributed by atoms with van der Waals surface area (Å²) < 4.78 is 6.00. The Morgan fingerprint density at radius 2 is 2.17 bits per heavy atom. The SMILES string of the molecule is CC(O)CC1CCCN1Cc1ccccc1Oc1cccnc1. The number of rotatable bonds is 6. The molecule has 1 aliphatic heterocycles. The zero-order valence-electron chi connectivity index (χ0n) is 13.6. The van der Waals surface area contributed by atoms with E-state index in [1.807, 2.05) is 37.3 Å². The van der Waals surface area contributed by atoms with Gasteiger partial charge in [0, 0.05) is 24.3 Å². The summed E-state index contributed by atoms with van der Waals surface area (Å²) in [6.45, 7) is 3.81. The molecule has 0 aliphatic carbocycles. The molecule has 1 saturated heterocycles. The van der Waals surface area contributed by atoms with Crippen molar-refractivity contribution in [3.63, 3.8) is 0 Å². The van der Waals surface area contributed by atoms with E-state index in [1.165, 1.54) is 12.0 Å². The van der Waals surface area contributed by atoms with Gasteiger partial charge in [-0.15, -0.1) is 0 Å². The number of aliphatic hydroxyl groups excluding tert-OH is 1. The molecule has 2 heterocycles. The lowest BCUT2D eigenvalue weighted by atomic mass is 10.1. The third-order valence-electron chi connectivity index (χ3n) is 4.32. The van der Waals surface area contributed by atoms with Gasteiger partial charge in [-0.1, -0.05) is 18.2 Å². The number of hydrogen-bond acceptors (Lipinski definition) is 4. The maximum atomic E-state index is 9.69. The minimum Gasteiger partial charge on any atom is -0.455 e. The lowest BCUT2D eigenvalue weighted by Gasteiger charge is -2.26. The Hall–Kier alpha value is -1.91. The van der Waals surface area contributed by atoms with Gasteiger partial charge in [0.1, 0.15) is 11.5 Å². The Morgan fingerprint density at radius 1 is 1.30 bits per heavy atom. The number of aromatic nitrogens is 1. The van der Waals surface area contributed by atoms with Gasteiger partial charge in [-0.2, -0.15) is 0 Å². The second kappa shape index (κ2) is 7.57. The van der Waals surface area contributed by atoms with Crippen molar-refractivity contribution in [2.24, 2.45) is 0 Å². The van der Waals surface area contributed by atoms with Crippen LogP contribution in [0.5, 0.6) is 11.5 Å². The van der Waals surface area contributed by atoms with Crippen LogP contribution in [0.1, 0.15) is 31.7 Å². The molecular weight excluding hydrogens is 288 g/mol. The third-order valence-corrected chi connectivity index (χ3v) is 4.32. The van der Waals surface area contributed by atoms with Crippen molar-refractivity contribution >= 4 is 0 Å². The second-order valence-corrected chi connectivity index (χ2v) is 6.25. The highest BCUT2D eigenvalue weighted by atomic mass is 16.5. The molecule has 0 saturated carbocycles. The van der Waals surface area contributed by atoms with E-state index in [4.69, 9.17) is 4.74 Å². The molecule has 2 unspecified atom stereocenters. The van der Waals surface area contributed by atoms with Gasteiger partial charge >= 0.3 is 0 Å². The number of para-hydroxylation sites is 1. The number of ether oxygens (including phenoxy) is 1. The van der Waals surface area contributed by atoms with Crippen molar-refractivity contribution in [2.45, 2.75) is 44.9 Å². The average molecular weight is 312 g/mol. The van der Waals surface area contributed by atoms with E-state index < -0.39 is 0 Å². The summed E-state index contributed by atoms with van der Waals surface area (Å²) in [4.78, 5) is 6.55. The monoisotopic (exact) mass is 312 g/mol. The molecular formula is C19H24N2O2. The fourth-order valence-corrected chi connectivity index (χ4v) is 3.25. The van der Waals surface area contributed by atoms with Crippen molar-refractivity contribution in [1.82, 2.24) is 9.88 Å². The molecule has 0 radical (unpaired) electrons. The molecule has 0 bridgehead atoms. The van der Waals surface area contributed by atoms with E-state index in [0.29, 0.717) is 6.04 Å². The minimum absolute atomic E-state index is 0.248. The summed E-state index contributed by atoms with van der Waals surface area (Å²) in [5.74, 6) is 1.63. The summed E-state index contributed by atoms with van der Waals surface area (Å²) in [7, 11) is 0. The number of aliphatic hydroxyl groups is 1. The quantitative estimate of drug-likeness (QED) is 0.885. The predicted octanol–water partition coefficient (Wildman–Crippen LogP) is 3.61. The van der Waals surface area contributed by atoms with Crippen LogP contribution in [0.25, 0.3) is 0 Å². The Morgan fingerprint density at radius 3 is 2.96 bits per heavy atom. The summed E-state index contributed by atoms with van der Waals surface area (Å²) in [6.07, 6.45) is 6.42. The molecule has 0 spiro atoms. The summed E-state index contributed by atoms with van der Waals surface area (Å²) in [5.41, 5.74) is 1.17. The first kappa shape index (κ1) is 16.0. The average Bonchev–Trinajstić information content (AvgIpc) is 2.96. The van der Waals surface area contributed by atoms with Crippen LogP contribution in [0.4, 0.5) is 0 Å². The fraction of sp³-hybridized carbons (Fsp3) is 0.421. The number of hydrogen-bond donors (Lipinski definition) is 1. The summed E-state index contributed by atoms with van der Waals surface area (Å²) in [5, 5.41) is 9.69. The largest absolute Gasteiger partial charge is 0.455 e. The Labute approximate surface area is 137 Å². The second-order valence-electron chi connectivity index (χ2n) is 6.25. The number of nitrogens with zero attached hydrogens (tertiary/aromatic N) is 2. The zero-order chi connectivity index (χ0) is 16.1. The van der Waals surface area contributed by atoms with E-state index in [9.17, 15) is 5.11 Å². The Balaban J connectivity index is 1.73. The normalized spacial score (nSPS) is 19.7. The van der Waals surface area contributed by atoms with Gasteiger partial charge in [0.15, 0.2) is 0 Å². The van der Waals surface area contributed by atoms with Crippen molar-refractivity contribution in [3.05, 3.63) is 54.4 Å². The molecule has 23 heavy (non-hydrogen) atoms. The van der Waals surface area contributed by atoms with Gasteiger partial charge in [0.25, 0.3) is 0 Å². The standard InChI is InChI=1S/C19H24N2O2/c1-15(22)12-17-7-5-11-21(17)14-16-6-2-3-9-19(16)23-18-8-4-10-20-13-18/h2-4,6,8-10,13,15,17,22H,5,7,11-12,14H2,1H3. The predicted molar refractivity (Wildman–Crippen MR) is 90.5 cm³/mol. The van der Waals surface area contributed by atoms with Crippen molar-refractivity contribution < 1.29 is 9.84 Å². The smallest absolute Gasteiger partial charge is 0.145 e. The van der Waals surface area contributed by atoms with E-state index in [0.717, 1.165) is 37.4 Å². The zero-order valence-corrected chi connectivity index (χ0v) is 13.6. The highest BCUT2D eigenvalue weighted by Gasteiger charge is 2.26. The van der Waals surface area contributed by atoms with Crippen LogP contribution in [0, 0.1) is 0 Å². The molecule has 4 nitrogen and oxygen atoms in total. The first-order chi connectivity index (χ1) is 11.2. The van der Waals surface area contributed by atoms with Crippen LogP contribution in [0.2, 0.25) is 0 Å². The maximum absolute atomic E-state index is 9.69. The first-order valence-corrected chi connectivity index (χ1v) is 8.30. The Kier molecular flexibility index (Phi) is 5.26. The van der Waals surface area contributed by atoms with Gasteiger partial charge in [0.2, 0.25) is 0 Å². The molecule has 2 atom stereocenters. The van der Waals surface area contributed by atoms with Crippen molar-refractivity contribution in [1.29, 1.82) is 0 Å².